The molecule has 0 radical (unpaired) electrons. The van der Waals surface area contributed by atoms with Crippen molar-refractivity contribution in [3.05, 3.63) is 0 Å². The predicted molar refractivity (Wildman–Crippen MR) is 61.4 cm³/mol. The van der Waals surface area contributed by atoms with Gasteiger partial charge in [-0.05, 0) is 24.9 Å². The number of rotatable bonds is 6. The summed E-state index contributed by atoms with van der Waals surface area (Å²) in [5.74, 6) is 0.0251. The normalized spacial score (nSPS) is 14.8. The minimum Gasteiger partial charge on any atom is -0.218 e. The van der Waals surface area contributed by atoms with Crippen LogP contribution in [0.4, 0.5) is 26.3 Å². The van der Waals surface area contributed by atoms with Gasteiger partial charge in [0.2, 0.25) is 0 Å². The molecule has 0 saturated heterocycles. The summed E-state index contributed by atoms with van der Waals surface area (Å²) in [6.45, 7) is 0. The molecule has 0 spiro atoms. The standard InChI is InChI=1S/C7H10F6O4S3/c1-18-4-2-3-5(19(14,15)6(8,9)10)20(16,17)7(11,12)13/h5H,2-4H2,1H3. The van der Waals surface area contributed by atoms with E-state index in [-0.39, 0.29) is 5.75 Å². The molecular weight excluding hydrogens is 358 g/mol. The number of alkyl halides is 6. The SMILES string of the molecule is CSCCCC(S(=O)(=O)C(F)(F)F)S(=O)(=O)C(F)(F)F. The van der Waals surface area contributed by atoms with Crippen molar-refractivity contribution < 1.29 is 43.2 Å². The summed E-state index contributed by atoms with van der Waals surface area (Å²) in [6, 6.07) is 0. The number of sulfone groups is 2. The van der Waals surface area contributed by atoms with Gasteiger partial charge in [0, 0.05) is 0 Å². The molecule has 0 aromatic rings. The van der Waals surface area contributed by atoms with E-state index in [0.717, 1.165) is 11.8 Å². The second-order valence-electron chi connectivity index (χ2n) is 3.55. The van der Waals surface area contributed by atoms with Gasteiger partial charge >= 0.3 is 11.0 Å². The summed E-state index contributed by atoms with van der Waals surface area (Å²) in [7, 11) is -13.0. The second kappa shape index (κ2) is 6.30. The molecule has 0 aliphatic carbocycles. The van der Waals surface area contributed by atoms with Gasteiger partial charge in [-0.25, -0.2) is 16.8 Å². The monoisotopic (exact) mass is 368 g/mol. The maximum atomic E-state index is 12.3. The first kappa shape index (κ1) is 19.8. The van der Waals surface area contributed by atoms with E-state index in [1.165, 1.54) is 6.26 Å². The summed E-state index contributed by atoms with van der Waals surface area (Å²) in [5.41, 5.74) is -12.1. The van der Waals surface area contributed by atoms with Crippen molar-refractivity contribution in [1.82, 2.24) is 0 Å². The third kappa shape index (κ3) is 4.16. The number of halogens is 6. The quantitative estimate of drug-likeness (QED) is 0.532. The van der Waals surface area contributed by atoms with E-state index in [4.69, 9.17) is 0 Å². The van der Waals surface area contributed by atoms with Gasteiger partial charge in [0.25, 0.3) is 19.7 Å². The molecule has 0 bridgehead atoms. The van der Waals surface area contributed by atoms with Crippen LogP contribution in [0.1, 0.15) is 12.8 Å². The molecule has 0 amide bonds. The first-order valence-corrected chi connectivity index (χ1v) is 9.27. The lowest BCUT2D eigenvalue weighted by molar-refractivity contribution is -0.0472. The molecule has 0 aromatic heterocycles. The minimum absolute atomic E-state index is 0.0251. The third-order valence-corrected chi connectivity index (χ3v) is 7.49. The van der Waals surface area contributed by atoms with Crippen LogP contribution in [0.25, 0.3) is 0 Å². The van der Waals surface area contributed by atoms with Crippen molar-refractivity contribution in [2.45, 2.75) is 28.4 Å². The minimum atomic E-state index is -6.48. The summed E-state index contributed by atoms with van der Waals surface area (Å²) in [4.78, 5) is 0. The lowest BCUT2D eigenvalue weighted by atomic mass is 10.4. The van der Waals surface area contributed by atoms with Crippen LogP contribution in [0.2, 0.25) is 0 Å². The van der Waals surface area contributed by atoms with Gasteiger partial charge in [0.15, 0.2) is 4.58 Å². The average Bonchev–Trinajstić information content (AvgIpc) is 2.20. The first-order valence-electron chi connectivity index (χ1n) is 4.79. The van der Waals surface area contributed by atoms with E-state index >= 15 is 0 Å². The van der Waals surface area contributed by atoms with Crippen molar-refractivity contribution >= 4 is 31.4 Å². The number of thioether (sulfide) groups is 1. The molecular formula is C7H10F6O4S3. The zero-order valence-electron chi connectivity index (χ0n) is 9.82. The molecule has 0 aliphatic heterocycles. The van der Waals surface area contributed by atoms with Gasteiger partial charge in [-0.1, -0.05) is 0 Å². The zero-order valence-corrected chi connectivity index (χ0v) is 12.3. The van der Waals surface area contributed by atoms with Crippen LogP contribution in [-0.4, -0.2) is 44.4 Å². The van der Waals surface area contributed by atoms with E-state index < -0.39 is 48.1 Å². The molecule has 0 rings (SSSR count). The molecule has 122 valence electrons. The topological polar surface area (TPSA) is 68.3 Å². The van der Waals surface area contributed by atoms with Crippen molar-refractivity contribution in [3.63, 3.8) is 0 Å². The van der Waals surface area contributed by atoms with Crippen molar-refractivity contribution in [2.24, 2.45) is 0 Å². The Bertz CT molecular complexity index is 474. The number of hydrogen-bond donors (Lipinski definition) is 0. The van der Waals surface area contributed by atoms with Crippen LogP contribution in [0, 0.1) is 0 Å². The molecule has 0 heterocycles. The smallest absolute Gasteiger partial charge is 0.218 e. The lowest BCUT2D eigenvalue weighted by Crippen LogP contribution is -2.44. The van der Waals surface area contributed by atoms with Crippen LogP contribution >= 0.6 is 11.8 Å². The third-order valence-electron chi connectivity index (χ3n) is 2.13. The molecule has 20 heavy (non-hydrogen) atoms. The van der Waals surface area contributed by atoms with E-state index in [0.29, 0.717) is 0 Å². The zero-order chi connectivity index (χ0) is 16.4. The Morgan fingerprint density at radius 2 is 1.25 bits per heavy atom. The Kier molecular flexibility index (Phi) is 6.24. The van der Waals surface area contributed by atoms with Gasteiger partial charge < -0.3 is 0 Å². The molecule has 0 aromatic carbocycles. The molecule has 0 saturated carbocycles. The highest BCUT2D eigenvalue weighted by Gasteiger charge is 2.62. The Hall–Kier alpha value is -0.170. The van der Waals surface area contributed by atoms with E-state index in [9.17, 15) is 43.2 Å². The number of hydrogen-bond acceptors (Lipinski definition) is 5. The molecule has 0 N–H and O–H groups in total. The Morgan fingerprint density at radius 3 is 1.50 bits per heavy atom. The van der Waals surface area contributed by atoms with Gasteiger partial charge in [0.05, 0.1) is 0 Å². The van der Waals surface area contributed by atoms with Gasteiger partial charge in [-0.3, -0.25) is 0 Å². The Labute approximate surface area is 115 Å². The van der Waals surface area contributed by atoms with E-state index in [2.05, 4.69) is 0 Å². The Balaban J connectivity index is 5.78. The average molecular weight is 368 g/mol. The lowest BCUT2D eigenvalue weighted by Gasteiger charge is -2.20. The Morgan fingerprint density at radius 1 is 0.900 bits per heavy atom. The van der Waals surface area contributed by atoms with E-state index in [1.807, 2.05) is 0 Å². The van der Waals surface area contributed by atoms with Crippen LogP contribution in [0.15, 0.2) is 0 Å². The molecule has 0 atom stereocenters. The summed E-state index contributed by atoms with van der Waals surface area (Å²) in [5, 5.41) is 0. The summed E-state index contributed by atoms with van der Waals surface area (Å²) >= 11 is 1.03. The molecule has 13 heteroatoms. The maximum Gasteiger partial charge on any atom is 0.498 e. The molecule has 4 nitrogen and oxygen atoms in total. The van der Waals surface area contributed by atoms with Crippen molar-refractivity contribution in [1.29, 1.82) is 0 Å². The van der Waals surface area contributed by atoms with E-state index in [1.54, 1.807) is 0 Å². The van der Waals surface area contributed by atoms with Crippen molar-refractivity contribution in [3.8, 4) is 0 Å². The van der Waals surface area contributed by atoms with Crippen LogP contribution in [-0.2, 0) is 19.7 Å². The predicted octanol–water partition coefficient (Wildman–Crippen LogP) is 2.32. The van der Waals surface area contributed by atoms with Gasteiger partial charge in [-0.2, -0.15) is 38.1 Å². The largest absolute Gasteiger partial charge is 0.498 e. The fourth-order valence-corrected chi connectivity index (χ4v) is 5.16. The fourth-order valence-electron chi connectivity index (χ4n) is 1.17. The summed E-state index contributed by atoms with van der Waals surface area (Å²) < 4.78 is 114. The molecule has 0 fully saturated rings. The fraction of sp³-hybridized carbons (Fsp3) is 1.00. The maximum absolute atomic E-state index is 12.3. The highest BCUT2D eigenvalue weighted by Crippen LogP contribution is 2.38. The molecule has 0 aliphatic rings. The van der Waals surface area contributed by atoms with Crippen LogP contribution in [0.3, 0.4) is 0 Å². The second-order valence-corrected chi connectivity index (χ2v) is 9.07. The van der Waals surface area contributed by atoms with Gasteiger partial charge in [-0.15, -0.1) is 0 Å². The first-order chi connectivity index (χ1) is 8.69. The van der Waals surface area contributed by atoms with Crippen molar-refractivity contribution in [2.75, 3.05) is 12.0 Å². The van der Waals surface area contributed by atoms with Crippen LogP contribution in [0.5, 0.6) is 0 Å². The summed E-state index contributed by atoms with van der Waals surface area (Å²) in [6.07, 6.45) is -0.216. The van der Waals surface area contributed by atoms with Gasteiger partial charge in [0.1, 0.15) is 0 Å². The van der Waals surface area contributed by atoms with Crippen LogP contribution < -0.4 is 0 Å². The molecule has 0 unspecified atom stereocenters. The highest BCUT2D eigenvalue weighted by atomic mass is 32.3. The highest BCUT2D eigenvalue weighted by molar-refractivity contribution is 8.09.